The minimum atomic E-state index is -5.50. The van der Waals surface area contributed by atoms with E-state index in [-0.39, 0.29) is 47.8 Å². The van der Waals surface area contributed by atoms with Crippen molar-refractivity contribution in [1.29, 1.82) is 0 Å². The number of anilines is 2. The predicted octanol–water partition coefficient (Wildman–Crippen LogP) is 3.20. The summed E-state index contributed by atoms with van der Waals surface area (Å²) in [6.45, 7) is 0.796. The molecule has 7 nitrogen and oxygen atoms in total. The Balaban J connectivity index is 1.81. The van der Waals surface area contributed by atoms with E-state index in [1.54, 1.807) is 0 Å². The summed E-state index contributed by atoms with van der Waals surface area (Å²) in [6.07, 6.45) is -11.0. The molecule has 1 saturated carbocycles. The average molecular weight is 511 g/mol. The Hall–Kier alpha value is -2.77. The van der Waals surface area contributed by atoms with Gasteiger partial charge in [0, 0.05) is 24.7 Å². The monoisotopic (exact) mass is 511 g/mol. The third-order valence-electron chi connectivity index (χ3n) is 7.00. The summed E-state index contributed by atoms with van der Waals surface area (Å²) in [5, 5.41) is -0.226. The number of alkyl halides is 6. The van der Waals surface area contributed by atoms with Crippen LogP contribution in [-0.4, -0.2) is 41.5 Å². The van der Waals surface area contributed by atoms with Crippen LogP contribution in [0.25, 0.3) is 10.9 Å². The molecule has 2 heterocycles. The number of fused-ring (bicyclic) bond motifs is 1. The summed E-state index contributed by atoms with van der Waals surface area (Å²) < 4.78 is 95.8. The molecule has 2 atom stereocenters. The van der Waals surface area contributed by atoms with Gasteiger partial charge < -0.3 is 16.4 Å². The van der Waals surface area contributed by atoms with Gasteiger partial charge in [-0.05, 0) is 44.6 Å². The lowest BCUT2D eigenvalue weighted by molar-refractivity contribution is -0.288. The van der Waals surface area contributed by atoms with Gasteiger partial charge in [-0.25, -0.2) is 9.18 Å². The van der Waals surface area contributed by atoms with Crippen molar-refractivity contribution in [2.75, 3.05) is 30.3 Å². The lowest BCUT2D eigenvalue weighted by Crippen LogP contribution is -2.39. The highest BCUT2D eigenvalue weighted by Gasteiger charge is 2.57. The van der Waals surface area contributed by atoms with Crippen LogP contribution >= 0.6 is 0 Å². The van der Waals surface area contributed by atoms with E-state index in [4.69, 9.17) is 11.5 Å². The number of rotatable bonds is 5. The number of nitrogens with one attached hydrogen (secondary N) is 1. The van der Waals surface area contributed by atoms with Crippen molar-refractivity contribution in [1.82, 2.24) is 9.55 Å². The molecule has 5 N–H and O–H groups in total. The van der Waals surface area contributed by atoms with Gasteiger partial charge >= 0.3 is 18.0 Å². The van der Waals surface area contributed by atoms with Crippen LogP contribution in [-0.2, 0) is 0 Å². The third-order valence-corrected chi connectivity index (χ3v) is 7.00. The number of nitrogens with zero attached hydrogens (tertiary/aromatic N) is 2. The Labute approximate surface area is 193 Å². The zero-order chi connectivity index (χ0) is 26.0. The molecule has 0 bridgehead atoms. The lowest BCUT2D eigenvalue weighted by Gasteiger charge is -2.27. The van der Waals surface area contributed by atoms with Crippen molar-refractivity contribution in [3.05, 3.63) is 32.2 Å². The average Bonchev–Trinajstić information content (AvgIpc) is 3.48. The van der Waals surface area contributed by atoms with Crippen LogP contribution in [0, 0.1) is 30.5 Å². The molecule has 2 aliphatic rings. The van der Waals surface area contributed by atoms with Gasteiger partial charge in [0.2, 0.25) is 0 Å². The maximum absolute atomic E-state index is 15.5. The number of hydrogen-bond acceptors (Lipinski definition) is 5. The topological polar surface area (TPSA) is 110 Å². The van der Waals surface area contributed by atoms with Crippen molar-refractivity contribution in [2.45, 2.75) is 44.6 Å². The Morgan fingerprint density at radius 1 is 1.06 bits per heavy atom. The molecule has 0 amide bonds. The fourth-order valence-corrected chi connectivity index (χ4v) is 5.15. The molecule has 4 rings (SSSR count). The summed E-state index contributed by atoms with van der Waals surface area (Å²) in [6, 6.07) is -0.235. The van der Waals surface area contributed by atoms with E-state index in [2.05, 4.69) is 4.98 Å². The highest BCUT2D eigenvalue weighted by molar-refractivity contribution is 5.97. The molecular weight excluding hydrogens is 487 g/mol. The van der Waals surface area contributed by atoms with Crippen molar-refractivity contribution < 1.29 is 30.7 Å². The number of hydrogen-bond donors (Lipinski definition) is 3. The first-order valence-corrected chi connectivity index (χ1v) is 11.0. The van der Waals surface area contributed by atoms with Crippen molar-refractivity contribution >= 4 is 22.3 Å². The quantitative estimate of drug-likeness (QED) is 0.422. The number of aromatic amines is 1. The van der Waals surface area contributed by atoms with Gasteiger partial charge in [0.25, 0.3) is 5.56 Å². The second kappa shape index (κ2) is 8.42. The smallest absolute Gasteiger partial charge is 0.396 e. The van der Waals surface area contributed by atoms with Gasteiger partial charge in [0.15, 0.2) is 11.7 Å². The number of nitrogen functional groups attached to an aromatic ring is 1. The van der Waals surface area contributed by atoms with Gasteiger partial charge in [0.1, 0.15) is 0 Å². The van der Waals surface area contributed by atoms with Gasteiger partial charge in [-0.3, -0.25) is 14.3 Å². The SMILES string of the molecule is Cc1c(N2CC(CN)C(CC(C(F)(F)F)C(F)(F)F)C2)c(F)c(N)c2c(=O)[nH]c(=O)n(C3CC3)c12. The number of aromatic nitrogens is 2. The normalized spacial score (nSPS) is 21.5. The van der Waals surface area contributed by atoms with E-state index in [9.17, 15) is 35.9 Å². The van der Waals surface area contributed by atoms with E-state index in [1.165, 1.54) is 16.4 Å². The van der Waals surface area contributed by atoms with Crippen LogP contribution in [0.4, 0.5) is 42.1 Å². The van der Waals surface area contributed by atoms with E-state index >= 15 is 4.39 Å². The molecule has 2 fully saturated rings. The molecule has 1 aliphatic carbocycles. The fourth-order valence-electron chi connectivity index (χ4n) is 5.15. The number of H-pyrrole nitrogens is 1. The first-order chi connectivity index (χ1) is 16.2. The van der Waals surface area contributed by atoms with E-state index < -0.39 is 59.3 Å². The lowest BCUT2D eigenvalue weighted by atomic mass is 9.86. The molecule has 1 aromatic heterocycles. The first kappa shape index (κ1) is 25.3. The number of nitrogens with two attached hydrogens (primary N) is 2. The number of halogens is 7. The van der Waals surface area contributed by atoms with Gasteiger partial charge in [-0.1, -0.05) is 0 Å². The summed E-state index contributed by atoms with van der Waals surface area (Å²) >= 11 is 0. The molecule has 0 radical (unpaired) electrons. The Kier molecular flexibility index (Phi) is 6.09. The highest BCUT2D eigenvalue weighted by atomic mass is 19.4. The van der Waals surface area contributed by atoms with Crippen molar-refractivity contribution in [3.63, 3.8) is 0 Å². The Bertz CT molecular complexity index is 1250. The van der Waals surface area contributed by atoms with Gasteiger partial charge in [0.05, 0.1) is 22.3 Å². The number of aryl methyl sites for hydroxylation is 1. The molecule has 35 heavy (non-hydrogen) atoms. The van der Waals surface area contributed by atoms with Gasteiger partial charge in [-0.2, -0.15) is 26.3 Å². The summed E-state index contributed by atoms with van der Waals surface area (Å²) in [7, 11) is 0. The maximum Gasteiger partial charge on any atom is 0.400 e. The molecule has 2 aromatic rings. The van der Waals surface area contributed by atoms with Crippen LogP contribution in [0.3, 0.4) is 0 Å². The van der Waals surface area contributed by atoms with Crippen LogP contribution in [0.5, 0.6) is 0 Å². The predicted molar refractivity (Wildman–Crippen MR) is 115 cm³/mol. The van der Waals surface area contributed by atoms with E-state index in [0.717, 1.165) is 0 Å². The largest absolute Gasteiger partial charge is 0.400 e. The Morgan fingerprint density at radius 2 is 1.63 bits per heavy atom. The van der Waals surface area contributed by atoms with Crippen LogP contribution < -0.4 is 27.6 Å². The number of benzene rings is 1. The molecule has 14 heteroatoms. The Morgan fingerprint density at radius 3 is 2.14 bits per heavy atom. The molecule has 194 valence electrons. The highest BCUT2D eigenvalue weighted by Crippen LogP contribution is 2.47. The van der Waals surface area contributed by atoms with Crippen LogP contribution in [0.15, 0.2) is 9.59 Å². The van der Waals surface area contributed by atoms with Crippen LogP contribution in [0.2, 0.25) is 0 Å². The summed E-state index contributed by atoms with van der Waals surface area (Å²) in [5.41, 5.74) is 9.56. The molecule has 0 spiro atoms. The van der Waals surface area contributed by atoms with Crippen LogP contribution in [0.1, 0.15) is 30.9 Å². The second-order valence-electron chi connectivity index (χ2n) is 9.32. The zero-order valence-corrected chi connectivity index (χ0v) is 18.6. The first-order valence-electron chi connectivity index (χ1n) is 11.0. The molecular formula is C21H24F7N5O2. The second-order valence-corrected chi connectivity index (χ2v) is 9.32. The van der Waals surface area contributed by atoms with Crippen molar-refractivity contribution in [3.8, 4) is 0 Å². The molecule has 1 aromatic carbocycles. The van der Waals surface area contributed by atoms with Crippen molar-refractivity contribution in [2.24, 2.45) is 23.5 Å². The minimum Gasteiger partial charge on any atom is -0.396 e. The fraction of sp³-hybridized carbons (Fsp3) is 0.619. The molecule has 1 aliphatic heterocycles. The van der Waals surface area contributed by atoms with E-state index in [0.29, 0.717) is 12.8 Å². The third kappa shape index (κ3) is 4.36. The molecule has 1 saturated heterocycles. The standard InChI is InChI=1S/C21H24F7N5O2/c1-8-16-13(18(34)31-19(35)33(16)11-2-3-11)15(30)14(22)17(8)32-6-9(10(5-29)7-32)4-12(20(23,24)25)21(26,27)28/h9-12H,2-7,29-30H2,1H3,(H,31,34,35). The zero-order valence-electron chi connectivity index (χ0n) is 18.6. The minimum absolute atomic E-state index is 0.103. The van der Waals surface area contributed by atoms with Gasteiger partial charge in [-0.15, -0.1) is 0 Å². The molecule has 2 unspecified atom stereocenters. The maximum atomic E-state index is 15.5. The summed E-state index contributed by atoms with van der Waals surface area (Å²) in [5.74, 6) is -6.47. The summed E-state index contributed by atoms with van der Waals surface area (Å²) in [4.78, 5) is 28.4. The van der Waals surface area contributed by atoms with E-state index in [1.807, 2.05) is 0 Å².